The monoisotopic (exact) mass is 476 g/mol. The largest absolute Gasteiger partial charge is 0.467 e. The van der Waals surface area contributed by atoms with Crippen LogP contribution in [-0.4, -0.2) is 34.8 Å². The van der Waals surface area contributed by atoms with Gasteiger partial charge in [-0.15, -0.1) is 10.2 Å². The summed E-state index contributed by atoms with van der Waals surface area (Å²) in [5.41, 5.74) is 4.05. The molecule has 8 nitrogen and oxygen atoms in total. The molecule has 0 saturated heterocycles. The Morgan fingerprint density at radius 2 is 1.85 bits per heavy atom. The summed E-state index contributed by atoms with van der Waals surface area (Å²) in [7, 11) is 1.63. The van der Waals surface area contributed by atoms with E-state index < -0.39 is 0 Å². The Morgan fingerprint density at radius 3 is 2.62 bits per heavy atom. The number of carbonyl (C=O) groups is 2. The van der Waals surface area contributed by atoms with Crippen molar-refractivity contribution in [3.63, 3.8) is 0 Å². The molecule has 34 heavy (non-hydrogen) atoms. The predicted octanol–water partition coefficient (Wildman–Crippen LogP) is 4.63. The number of benzene rings is 2. The summed E-state index contributed by atoms with van der Waals surface area (Å²) in [6.07, 6.45) is 1.55. The third-order valence-corrected chi connectivity index (χ3v) is 6.17. The second kappa shape index (κ2) is 10.4. The van der Waals surface area contributed by atoms with Crippen molar-refractivity contribution in [1.29, 1.82) is 0 Å². The van der Waals surface area contributed by atoms with Crippen LogP contribution in [0.1, 0.15) is 27.2 Å². The fourth-order valence-corrected chi connectivity index (χ4v) is 3.92. The summed E-state index contributed by atoms with van der Waals surface area (Å²) < 4.78 is 11.0. The number of anilines is 1. The molecule has 0 bridgehead atoms. The van der Waals surface area contributed by atoms with Crippen LogP contribution in [0.3, 0.4) is 0 Å². The molecule has 0 saturated carbocycles. The molecule has 174 valence electrons. The highest BCUT2D eigenvalue weighted by atomic mass is 32.2. The summed E-state index contributed by atoms with van der Waals surface area (Å²) in [5.74, 6) is 0.626. The molecule has 2 heterocycles. The minimum Gasteiger partial charge on any atom is -0.467 e. The molecule has 0 aliphatic carbocycles. The van der Waals surface area contributed by atoms with Crippen molar-refractivity contribution in [2.24, 2.45) is 0 Å². The highest BCUT2D eigenvalue weighted by Gasteiger charge is 2.20. The van der Waals surface area contributed by atoms with E-state index in [1.54, 1.807) is 49.7 Å². The van der Waals surface area contributed by atoms with E-state index in [2.05, 4.69) is 15.5 Å². The molecule has 4 aromatic rings. The quantitative estimate of drug-likeness (QED) is 0.370. The average Bonchev–Trinajstić information content (AvgIpc) is 3.54. The Balaban J connectivity index is 1.39. The van der Waals surface area contributed by atoms with Crippen LogP contribution in [0.5, 0.6) is 0 Å². The van der Waals surface area contributed by atoms with E-state index in [-0.39, 0.29) is 24.1 Å². The first kappa shape index (κ1) is 23.3. The van der Waals surface area contributed by atoms with E-state index in [9.17, 15) is 9.59 Å². The molecule has 4 rings (SSSR count). The number of aromatic nitrogens is 2. The smallest absolute Gasteiger partial charge is 0.277 e. The van der Waals surface area contributed by atoms with E-state index in [0.717, 1.165) is 22.9 Å². The number of rotatable bonds is 8. The summed E-state index contributed by atoms with van der Waals surface area (Å²) in [6, 6.07) is 16.4. The van der Waals surface area contributed by atoms with Crippen LogP contribution in [0, 0.1) is 13.8 Å². The zero-order valence-corrected chi connectivity index (χ0v) is 19.9. The van der Waals surface area contributed by atoms with Crippen molar-refractivity contribution < 1.29 is 18.4 Å². The van der Waals surface area contributed by atoms with Crippen molar-refractivity contribution in [2.45, 2.75) is 25.6 Å². The highest BCUT2D eigenvalue weighted by Crippen LogP contribution is 2.26. The first-order valence-electron chi connectivity index (χ1n) is 10.6. The normalized spacial score (nSPS) is 10.8. The number of nitrogens with one attached hydrogen (secondary N) is 1. The highest BCUT2D eigenvalue weighted by molar-refractivity contribution is 7.99. The zero-order valence-electron chi connectivity index (χ0n) is 19.1. The Bertz CT molecular complexity index is 1300. The molecule has 0 spiro atoms. The molecule has 2 aromatic heterocycles. The molecular weight excluding hydrogens is 452 g/mol. The molecule has 9 heteroatoms. The second-order valence-corrected chi connectivity index (χ2v) is 8.62. The lowest BCUT2D eigenvalue weighted by Gasteiger charge is -2.20. The van der Waals surface area contributed by atoms with Gasteiger partial charge >= 0.3 is 0 Å². The molecule has 0 aliphatic heterocycles. The lowest BCUT2D eigenvalue weighted by atomic mass is 10.1. The van der Waals surface area contributed by atoms with Gasteiger partial charge in [0.25, 0.3) is 11.1 Å². The Kier molecular flexibility index (Phi) is 7.12. The molecule has 0 radical (unpaired) electrons. The molecule has 1 N–H and O–H groups in total. The minimum absolute atomic E-state index is 0.0768. The fraction of sp³-hybridized carbons (Fsp3) is 0.200. The van der Waals surface area contributed by atoms with Gasteiger partial charge in [-0.3, -0.25) is 9.59 Å². The van der Waals surface area contributed by atoms with E-state index in [1.807, 2.05) is 32.0 Å². The van der Waals surface area contributed by atoms with Gasteiger partial charge in [0.15, 0.2) is 0 Å². The van der Waals surface area contributed by atoms with Crippen LogP contribution in [0.2, 0.25) is 0 Å². The molecular formula is C25H24N4O4S. The Hall–Kier alpha value is -3.85. The molecule has 0 unspecified atom stereocenters. The number of nitrogens with zero attached hydrogens (tertiary/aromatic N) is 3. The summed E-state index contributed by atoms with van der Waals surface area (Å²) in [6.45, 7) is 4.32. The number of carbonyl (C=O) groups excluding carboxylic acids is 2. The van der Waals surface area contributed by atoms with Crippen molar-refractivity contribution in [2.75, 3.05) is 17.7 Å². The van der Waals surface area contributed by atoms with Gasteiger partial charge in [-0.1, -0.05) is 30.0 Å². The first-order valence-corrected chi connectivity index (χ1v) is 11.6. The third-order valence-electron chi connectivity index (χ3n) is 5.37. The van der Waals surface area contributed by atoms with E-state index in [0.29, 0.717) is 28.1 Å². The molecule has 0 aliphatic rings. The van der Waals surface area contributed by atoms with Gasteiger partial charge in [0, 0.05) is 12.6 Å². The number of aryl methyl sites for hydroxylation is 2. The molecule has 2 aromatic carbocycles. The standard InChI is InChI=1S/C25H24N4O4S/c1-16-10-11-18(13-17(16)2)24-27-28-25(33-24)34-15-22(30)29(3)21-9-5-4-8-20(21)23(31)26-14-19-7-6-12-32-19/h4-13H,14-15H2,1-3H3,(H,26,31). The zero-order chi connectivity index (χ0) is 24.1. The lowest BCUT2D eigenvalue weighted by molar-refractivity contribution is -0.115. The van der Waals surface area contributed by atoms with Crippen LogP contribution in [0.4, 0.5) is 5.69 Å². The number of furan rings is 1. The topological polar surface area (TPSA) is 101 Å². The Morgan fingerprint density at radius 1 is 1.03 bits per heavy atom. The summed E-state index contributed by atoms with van der Waals surface area (Å²) >= 11 is 1.15. The van der Waals surface area contributed by atoms with Gasteiger partial charge < -0.3 is 19.1 Å². The lowest BCUT2D eigenvalue weighted by Crippen LogP contribution is -2.31. The third kappa shape index (κ3) is 5.37. The number of hydrogen-bond acceptors (Lipinski definition) is 7. The summed E-state index contributed by atoms with van der Waals surface area (Å²) in [5, 5.41) is 11.3. The minimum atomic E-state index is -0.297. The van der Waals surface area contributed by atoms with Crippen LogP contribution < -0.4 is 10.2 Å². The predicted molar refractivity (Wildman–Crippen MR) is 130 cm³/mol. The van der Waals surface area contributed by atoms with Gasteiger partial charge in [0.2, 0.25) is 11.8 Å². The van der Waals surface area contributed by atoms with Gasteiger partial charge in [-0.25, -0.2) is 0 Å². The maximum Gasteiger partial charge on any atom is 0.277 e. The number of para-hydroxylation sites is 1. The van der Waals surface area contributed by atoms with E-state index in [4.69, 9.17) is 8.83 Å². The molecule has 0 fully saturated rings. The maximum atomic E-state index is 12.9. The SMILES string of the molecule is Cc1ccc(-c2nnc(SCC(=O)N(C)c3ccccc3C(=O)NCc3ccco3)o2)cc1C. The van der Waals surface area contributed by atoms with Crippen molar-refractivity contribution in [3.8, 4) is 11.5 Å². The van der Waals surface area contributed by atoms with Crippen LogP contribution in [-0.2, 0) is 11.3 Å². The van der Waals surface area contributed by atoms with Crippen LogP contribution in [0.15, 0.2) is 74.9 Å². The van der Waals surface area contributed by atoms with Crippen LogP contribution >= 0.6 is 11.8 Å². The van der Waals surface area contributed by atoms with Crippen molar-refractivity contribution >= 4 is 29.3 Å². The van der Waals surface area contributed by atoms with E-state index >= 15 is 0 Å². The Labute approximate surface area is 201 Å². The fourth-order valence-electron chi connectivity index (χ4n) is 3.25. The maximum absolute atomic E-state index is 12.9. The van der Waals surface area contributed by atoms with Gasteiger partial charge in [0.05, 0.1) is 29.8 Å². The average molecular weight is 477 g/mol. The van der Waals surface area contributed by atoms with Crippen LogP contribution in [0.25, 0.3) is 11.5 Å². The van der Waals surface area contributed by atoms with Crippen molar-refractivity contribution in [3.05, 3.63) is 83.3 Å². The molecule has 0 atom stereocenters. The summed E-state index contributed by atoms with van der Waals surface area (Å²) in [4.78, 5) is 27.0. The van der Waals surface area contributed by atoms with E-state index in [1.165, 1.54) is 10.5 Å². The molecule has 2 amide bonds. The van der Waals surface area contributed by atoms with Gasteiger partial charge in [-0.05, 0) is 61.4 Å². The van der Waals surface area contributed by atoms with Gasteiger partial charge in [0.1, 0.15) is 5.76 Å². The number of amides is 2. The van der Waals surface area contributed by atoms with Gasteiger partial charge in [-0.2, -0.15) is 0 Å². The second-order valence-electron chi connectivity index (χ2n) is 7.69. The van der Waals surface area contributed by atoms with Crippen molar-refractivity contribution in [1.82, 2.24) is 15.5 Å². The number of hydrogen-bond donors (Lipinski definition) is 1. The number of thioether (sulfide) groups is 1. The first-order chi connectivity index (χ1) is 16.4.